The summed E-state index contributed by atoms with van der Waals surface area (Å²) in [5.74, 6) is 0.641. The van der Waals surface area contributed by atoms with Crippen molar-refractivity contribution in [1.29, 1.82) is 10.9 Å². The molecule has 0 aliphatic rings. The van der Waals surface area contributed by atoms with Gasteiger partial charge in [0.05, 0.1) is 0 Å². The fourth-order valence-corrected chi connectivity index (χ4v) is 1.13. The monoisotopic (exact) mass is 181 g/mol. The van der Waals surface area contributed by atoms with Gasteiger partial charge in [-0.2, -0.15) is 0 Å². The Labute approximate surface area is 80.3 Å². The summed E-state index contributed by atoms with van der Waals surface area (Å²) in [5, 5.41) is 10.3. The lowest BCUT2D eigenvalue weighted by atomic mass is 10.0. The molecular formula is C10H19N3. The molecule has 0 aromatic carbocycles. The van der Waals surface area contributed by atoms with Crippen LogP contribution in [0.4, 0.5) is 0 Å². The Morgan fingerprint density at radius 3 is 2.54 bits per heavy atom. The zero-order valence-electron chi connectivity index (χ0n) is 8.72. The van der Waals surface area contributed by atoms with Crippen LogP contribution in [-0.4, -0.2) is 5.84 Å². The lowest BCUT2D eigenvalue weighted by Gasteiger charge is -2.07. The van der Waals surface area contributed by atoms with Gasteiger partial charge < -0.3 is 0 Å². The molecule has 3 heteroatoms. The predicted octanol–water partition coefficient (Wildman–Crippen LogP) is 3.77. The second-order valence-corrected chi connectivity index (χ2v) is 3.73. The lowest BCUT2D eigenvalue weighted by Crippen LogP contribution is -2.01. The van der Waals surface area contributed by atoms with E-state index in [2.05, 4.69) is 32.0 Å². The maximum Gasteiger partial charge on any atom is 0.142 e. The molecule has 74 valence electrons. The van der Waals surface area contributed by atoms with E-state index in [0.717, 1.165) is 12.8 Å². The summed E-state index contributed by atoms with van der Waals surface area (Å²) in [6.07, 6.45) is 4.97. The number of nitrogens with zero attached hydrogens (tertiary/aromatic N) is 1. The summed E-state index contributed by atoms with van der Waals surface area (Å²) in [6, 6.07) is 0. The molecule has 0 aliphatic carbocycles. The minimum Gasteiger partial charge on any atom is -0.285 e. The molecular weight excluding hydrogens is 162 g/mol. The highest BCUT2D eigenvalue weighted by atomic mass is 15.0. The smallest absolute Gasteiger partial charge is 0.142 e. The second kappa shape index (κ2) is 6.52. The zero-order chi connectivity index (χ0) is 10.3. The van der Waals surface area contributed by atoms with E-state index < -0.39 is 0 Å². The molecule has 0 bridgehead atoms. The molecule has 0 rings (SSSR count). The Morgan fingerprint density at radius 2 is 2.08 bits per heavy atom. The second-order valence-electron chi connectivity index (χ2n) is 3.73. The number of hydrogen-bond acceptors (Lipinski definition) is 2. The van der Waals surface area contributed by atoms with Crippen molar-refractivity contribution in [3.05, 3.63) is 11.6 Å². The molecule has 1 atom stereocenters. The van der Waals surface area contributed by atoms with Crippen LogP contribution in [-0.2, 0) is 0 Å². The van der Waals surface area contributed by atoms with Gasteiger partial charge in [-0.1, -0.05) is 18.6 Å². The summed E-state index contributed by atoms with van der Waals surface area (Å²) < 4.78 is 0. The first-order valence-corrected chi connectivity index (χ1v) is 4.64. The Balaban J connectivity index is 3.63. The van der Waals surface area contributed by atoms with Gasteiger partial charge >= 0.3 is 0 Å². The number of allylic oxidation sites excluding steroid dienone is 2. The van der Waals surface area contributed by atoms with Crippen LogP contribution in [0.3, 0.4) is 0 Å². The maximum atomic E-state index is 7.22. The van der Waals surface area contributed by atoms with Crippen molar-refractivity contribution in [2.24, 2.45) is 11.0 Å². The van der Waals surface area contributed by atoms with Gasteiger partial charge in [-0.15, -0.1) is 5.11 Å². The van der Waals surface area contributed by atoms with Crippen molar-refractivity contribution in [3.8, 4) is 0 Å². The van der Waals surface area contributed by atoms with E-state index in [1.54, 1.807) is 0 Å². The molecule has 3 nitrogen and oxygen atoms in total. The van der Waals surface area contributed by atoms with E-state index in [0.29, 0.717) is 12.3 Å². The van der Waals surface area contributed by atoms with E-state index in [9.17, 15) is 0 Å². The molecule has 0 aromatic heterocycles. The zero-order valence-corrected chi connectivity index (χ0v) is 8.72. The molecule has 0 saturated carbocycles. The van der Waals surface area contributed by atoms with E-state index in [-0.39, 0.29) is 5.84 Å². The average Bonchev–Trinajstić information content (AvgIpc) is 2.03. The van der Waals surface area contributed by atoms with Gasteiger partial charge in [0.1, 0.15) is 5.84 Å². The van der Waals surface area contributed by atoms with Gasteiger partial charge in [0.2, 0.25) is 0 Å². The molecule has 2 N–H and O–H groups in total. The number of rotatable bonds is 5. The van der Waals surface area contributed by atoms with Gasteiger partial charge in [0.15, 0.2) is 0 Å². The van der Waals surface area contributed by atoms with Crippen LogP contribution in [0, 0.1) is 16.9 Å². The van der Waals surface area contributed by atoms with Gasteiger partial charge in [-0.3, -0.25) is 5.41 Å². The summed E-state index contributed by atoms with van der Waals surface area (Å²) >= 11 is 0. The minimum absolute atomic E-state index is 0.185. The molecule has 0 aromatic rings. The Morgan fingerprint density at radius 1 is 1.46 bits per heavy atom. The van der Waals surface area contributed by atoms with Crippen LogP contribution >= 0.6 is 0 Å². The Bertz CT molecular complexity index is 202. The topological polar surface area (TPSA) is 60.1 Å². The van der Waals surface area contributed by atoms with Crippen molar-refractivity contribution in [3.63, 3.8) is 0 Å². The van der Waals surface area contributed by atoms with E-state index in [4.69, 9.17) is 10.9 Å². The molecule has 0 heterocycles. The standard InChI is InChI=1S/C10H19N3/c1-8(2)5-4-6-9(3)7-10(11)13-12/h5,9,11-12H,4,6-7H2,1-3H3. The van der Waals surface area contributed by atoms with Gasteiger partial charge in [0.25, 0.3) is 0 Å². The first-order valence-electron chi connectivity index (χ1n) is 4.64. The minimum atomic E-state index is 0.185. The molecule has 1 unspecified atom stereocenters. The van der Waals surface area contributed by atoms with E-state index >= 15 is 0 Å². The highest BCUT2D eigenvalue weighted by molar-refractivity contribution is 5.79. The number of nitrogens with one attached hydrogen (secondary N) is 2. The fourth-order valence-electron chi connectivity index (χ4n) is 1.13. The highest BCUT2D eigenvalue weighted by Gasteiger charge is 2.03. The summed E-state index contributed by atoms with van der Waals surface area (Å²) in [6.45, 7) is 6.27. The number of amidine groups is 1. The number of hydrogen-bond donors (Lipinski definition) is 2. The normalized spacial score (nSPS) is 11.9. The molecule has 0 saturated heterocycles. The van der Waals surface area contributed by atoms with Crippen molar-refractivity contribution in [1.82, 2.24) is 0 Å². The van der Waals surface area contributed by atoms with Gasteiger partial charge in [-0.05, 0) is 32.6 Å². The van der Waals surface area contributed by atoms with Crippen LogP contribution in [0.5, 0.6) is 0 Å². The first kappa shape index (κ1) is 12.0. The van der Waals surface area contributed by atoms with Crippen LogP contribution in [0.25, 0.3) is 0 Å². The predicted molar refractivity (Wildman–Crippen MR) is 55.3 cm³/mol. The van der Waals surface area contributed by atoms with Crippen LogP contribution in [0.1, 0.15) is 40.0 Å². The first-order chi connectivity index (χ1) is 6.06. The molecule has 0 amide bonds. The quantitative estimate of drug-likeness (QED) is 0.281. The van der Waals surface area contributed by atoms with Crippen molar-refractivity contribution in [2.75, 3.05) is 0 Å². The highest BCUT2D eigenvalue weighted by Crippen LogP contribution is 2.12. The third kappa shape index (κ3) is 7.37. The molecule has 0 spiro atoms. The van der Waals surface area contributed by atoms with Crippen LogP contribution in [0.2, 0.25) is 0 Å². The molecule has 0 aliphatic heterocycles. The Kier molecular flexibility index (Phi) is 6.02. The molecule has 0 fully saturated rings. The Hall–Kier alpha value is -0.990. The van der Waals surface area contributed by atoms with Crippen molar-refractivity contribution < 1.29 is 0 Å². The fraction of sp³-hybridized carbons (Fsp3) is 0.700. The third-order valence-electron chi connectivity index (χ3n) is 1.89. The van der Waals surface area contributed by atoms with Crippen LogP contribution in [0.15, 0.2) is 16.8 Å². The van der Waals surface area contributed by atoms with E-state index in [1.807, 2.05) is 0 Å². The van der Waals surface area contributed by atoms with Gasteiger partial charge in [-0.25, -0.2) is 5.53 Å². The third-order valence-corrected chi connectivity index (χ3v) is 1.89. The summed E-state index contributed by atoms with van der Waals surface area (Å²) in [7, 11) is 0. The maximum absolute atomic E-state index is 7.22. The SMILES string of the molecule is CC(C)=CCCC(C)CC(=N)N=N. The summed E-state index contributed by atoms with van der Waals surface area (Å²) in [5.41, 5.74) is 7.98. The molecule has 13 heavy (non-hydrogen) atoms. The largest absolute Gasteiger partial charge is 0.285 e. The van der Waals surface area contributed by atoms with Crippen LogP contribution < -0.4 is 0 Å². The van der Waals surface area contributed by atoms with Crippen molar-refractivity contribution >= 4 is 5.84 Å². The summed E-state index contributed by atoms with van der Waals surface area (Å²) in [4.78, 5) is 0. The lowest BCUT2D eigenvalue weighted by molar-refractivity contribution is 0.555. The van der Waals surface area contributed by atoms with E-state index in [1.165, 1.54) is 5.57 Å². The molecule has 0 radical (unpaired) electrons. The average molecular weight is 181 g/mol. The van der Waals surface area contributed by atoms with Gasteiger partial charge in [0, 0.05) is 6.42 Å². The van der Waals surface area contributed by atoms with Crippen molar-refractivity contribution in [2.45, 2.75) is 40.0 Å².